The maximum atomic E-state index is 12.9. The van der Waals surface area contributed by atoms with E-state index in [1.54, 1.807) is 34.6 Å². The summed E-state index contributed by atoms with van der Waals surface area (Å²) in [5.41, 5.74) is -0.720. The van der Waals surface area contributed by atoms with E-state index in [2.05, 4.69) is 0 Å². The van der Waals surface area contributed by atoms with Gasteiger partial charge in [0.1, 0.15) is 24.2 Å². The number of nitrogens with zero attached hydrogens (tertiary/aromatic N) is 2. The van der Waals surface area contributed by atoms with E-state index in [1.807, 2.05) is 0 Å². The first-order chi connectivity index (χ1) is 11.9. The molecule has 1 aliphatic heterocycles. The molecule has 1 rings (SSSR count). The molecule has 0 spiro atoms. The first-order valence-corrected chi connectivity index (χ1v) is 8.37. The number of hydrogen-bond acceptors (Lipinski definition) is 7. The lowest BCUT2D eigenvalue weighted by atomic mass is 9.94. The van der Waals surface area contributed by atoms with Gasteiger partial charge in [-0.1, -0.05) is 13.8 Å². The predicted molar refractivity (Wildman–Crippen MR) is 90.8 cm³/mol. The van der Waals surface area contributed by atoms with E-state index in [9.17, 15) is 19.2 Å². The minimum Gasteiger partial charge on any atom is -0.468 e. The molecule has 0 bridgehead atoms. The lowest BCUT2D eigenvalue weighted by Crippen LogP contribution is -2.48. The summed E-state index contributed by atoms with van der Waals surface area (Å²) in [6.07, 6.45) is -0.652. The largest absolute Gasteiger partial charge is 0.468 e. The smallest absolute Gasteiger partial charge is 0.411 e. The Morgan fingerprint density at radius 1 is 1.04 bits per heavy atom. The van der Waals surface area contributed by atoms with Gasteiger partial charge in [-0.2, -0.15) is 0 Å². The number of ether oxygens (including phenoxy) is 3. The van der Waals surface area contributed by atoms with Gasteiger partial charge in [0.25, 0.3) is 0 Å². The van der Waals surface area contributed by atoms with Crippen molar-refractivity contribution in [2.24, 2.45) is 11.8 Å². The van der Waals surface area contributed by atoms with Crippen LogP contribution in [-0.4, -0.2) is 72.8 Å². The summed E-state index contributed by atoms with van der Waals surface area (Å²) in [5, 5.41) is 0. The molecule has 1 aliphatic rings. The Morgan fingerprint density at radius 2 is 1.62 bits per heavy atom. The fourth-order valence-electron chi connectivity index (χ4n) is 2.63. The summed E-state index contributed by atoms with van der Waals surface area (Å²) in [6.45, 7) is 8.31. The summed E-state index contributed by atoms with van der Waals surface area (Å²) in [6, 6.07) is -1.01. The second-order valence-corrected chi connectivity index (χ2v) is 7.44. The monoisotopic (exact) mass is 372 g/mol. The van der Waals surface area contributed by atoms with Gasteiger partial charge in [0.15, 0.2) is 0 Å². The molecule has 0 radical (unpaired) electrons. The summed E-state index contributed by atoms with van der Waals surface area (Å²) < 4.78 is 14.7. The highest BCUT2D eigenvalue weighted by molar-refractivity contribution is 6.00. The van der Waals surface area contributed by atoms with Crippen LogP contribution in [-0.2, 0) is 28.6 Å². The number of amides is 2. The summed E-state index contributed by atoms with van der Waals surface area (Å²) in [4.78, 5) is 51.7. The lowest BCUT2D eigenvalue weighted by molar-refractivity contribution is -0.160. The molecule has 0 aromatic heterocycles. The molecule has 0 N–H and O–H groups in total. The van der Waals surface area contributed by atoms with Crippen LogP contribution >= 0.6 is 0 Å². The van der Waals surface area contributed by atoms with E-state index in [4.69, 9.17) is 14.2 Å². The zero-order chi connectivity index (χ0) is 20.2. The fraction of sp³-hybridized carbons (Fsp3) is 0.765. The van der Waals surface area contributed by atoms with Gasteiger partial charge in [-0.15, -0.1) is 0 Å². The van der Waals surface area contributed by atoms with Gasteiger partial charge in [0.2, 0.25) is 5.91 Å². The van der Waals surface area contributed by atoms with E-state index < -0.39 is 41.5 Å². The molecule has 26 heavy (non-hydrogen) atoms. The van der Waals surface area contributed by atoms with Crippen LogP contribution in [0.25, 0.3) is 0 Å². The molecule has 1 heterocycles. The van der Waals surface area contributed by atoms with Gasteiger partial charge in [-0.3, -0.25) is 14.5 Å². The van der Waals surface area contributed by atoms with E-state index in [-0.39, 0.29) is 19.1 Å². The quantitative estimate of drug-likeness (QED) is 0.412. The number of esters is 2. The normalized spacial score (nSPS) is 18.5. The van der Waals surface area contributed by atoms with Crippen molar-refractivity contribution in [3.8, 4) is 0 Å². The fourth-order valence-corrected chi connectivity index (χ4v) is 2.63. The first kappa shape index (κ1) is 21.7. The number of rotatable bonds is 4. The topological polar surface area (TPSA) is 102 Å². The SMILES string of the molecule is COC(=O)C(C(=O)N1CN(C(=O)OC(C)(C)C)CC1C(=O)OC)C(C)C. The van der Waals surface area contributed by atoms with Gasteiger partial charge in [0.05, 0.1) is 20.8 Å². The van der Waals surface area contributed by atoms with Crippen LogP contribution in [0.15, 0.2) is 0 Å². The molecule has 0 aromatic rings. The maximum absolute atomic E-state index is 12.9. The summed E-state index contributed by atoms with van der Waals surface area (Å²) in [7, 11) is 2.39. The molecule has 2 unspecified atom stereocenters. The van der Waals surface area contributed by atoms with Gasteiger partial charge in [-0.05, 0) is 26.7 Å². The van der Waals surface area contributed by atoms with Crippen molar-refractivity contribution in [3.05, 3.63) is 0 Å². The molecular formula is C17H28N2O7. The van der Waals surface area contributed by atoms with Gasteiger partial charge in [0, 0.05) is 0 Å². The lowest BCUT2D eigenvalue weighted by Gasteiger charge is -2.27. The van der Waals surface area contributed by atoms with Crippen molar-refractivity contribution in [1.82, 2.24) is 9.80 Å². The molecule has 0 aliphatic carbocycles. The average Bonchev–Trinajstić information content (AvgIpc) is 2.97. The Morgan fingerprint density at radius 3 is 2.04 bits per heavy atom. The molecule has 2 amide bonds. The maximum Gasteiger partial charge on any atom is 0.411 e. The molecule has 0 aromatic carbocycles. The first-order valence-electron chi connectivity index (χ1n) is 8.37. The molecule has 148 valence electrons. The van der Waals surface area contributed by atoms with Crippen molar-refractivity contribution in [1.29, 1.82) is 0 Å². The summed E-state index contributed by atoms with van der Waals surface area (Å²) in [5.74, 6) is -3.37. The van der Waals surface area contributed by atoms with Crippen LogP contribution in [0.2, 0.25) is 0 Å². The zero-order valence-electron chi connectivity index (χ0n) is 16.4. The molecule has 9 nitrogen and oxygen atoms in total. The number of carbonyl (C=O) groups is 4. The van der Waals surface area contributed by atoms with Crippen molar-refractivity contribution in [2.75, 3.05) is 27.4 Å². The number of carbonyl (C=O) groups excluding carboxylic acids is 4. The predicted octanol–water partition coefficient (Wildman–Crippen LogP) is 1.01. The van der Waals surface area contributed by atoms with E-state index in [0.29, 0.717) is 0 Å². The Labute approximate surface area is 153 Å². The van der Waals surface area contributed by atoms with Crippen LogP contribution in [0.5, 0.6) is 0 Å². The minimum atomic E-state index is -1.08. The minimum absolute atomic E-state index is 0.0701. The van der Waals surface area contributed by atoms with Crippen LogP contribution in [0.1, 0.15) is 34.6 Å². The summed E-state index contributed by atoms with van der Waals surface area (Å²) >= 11 is 0. The molecule has 0 saturated carbocycles. The molecular weight excluding hydrogens is 344 g/mol. The Balaban J connectivity index is 3.09. The Bertz CT molecular complexity index is 568. The molecule has 2 atom stereocenters. The van der Waals surface area contributed by atoms with Crippen LogP contribution in [0, 0.1) is 11.8 Å². The van der Waals surface area contributed by atoms with Crippen molar-refractivity contribution in [3.63, 3.8) is 0 Å². The third-order valence-corrected chi connectivity index (χ3v) is 3.89. The highest BCUT2D eigenvalue weighted by Crippen LogP contribution is 2.24. The standard InChI is InChI=1S/C17H28N2O7/c1-10(2)12(15(22)25-7)13(20)19-9-18(8-11(19)14(21)24-6)16(23)26-17(3,4)5/h10-12H,8-9H2,1-7H3. The van der Waals surface area contributed by atoms with Crippen molar-refractivity contribution < 1.29 is 33.4 Å². The number of methoxy groups -OCH3 is 2. The second-order valence-electron chi connectivity index (χ2n) is 7.44. The van der Waals surface area contributed by atoms with Gasteiger partial charge >= 0.3 is 18.0 Å². The van der Waals surface area contributed by atoms with Crippen LogP contribution in [0.4, 0.5) is 4.79 Å². The van der Waals surface area contributed by atoms with E-state index >= 15 is 0 Å². The Hall–Kier alpha value is -2.32. The van der Waals surface area contributed by atoms with Gasteiger partial charge < -0.3 is 19.1 Å². The van der Waals surface area contributed by atoms with E-state index in [1.165, 1.54) is 19.1 Å². The highest BCUT2D eigenvalue weighted by Gasteiger charge is 2.46. The van der Waals surface area contributed by atoms with Gasteiger partial charge in [-0.25, -0.2) is 9.59 Å². The van der Waals surface area contributed by atoms with Crippen LogP contribution in [0.3, 0.4) is 0 Å². The average molecular weight is 372 g/mol. The molecule has 1 fully saturated rings. The second kappa shape index (κ2) is 8.37. The third kappa shape index (κ3) is 5.09. The molecule has 1 saturated heterocycles. The molecule has 9 heteroatoms. The van der Waals surface area contributed by atoms with Crippen molar-refractivity contribution >= 4 is 23.9 Å². The Kier molecular flexibility index (Phi) is 7.00. The number of hydrogen-bond donors (Lipinski definition) is 0. The van der Waals surface area contributed by atoms with E-state index in [0.717, 1.165) is 4.90 Å². The van der Waals surface area contributed by atoms with Crippen LogP contribution < -0.4 is 0 Å². The third-order valence-electron chi connectivity index (χ3n) is 3.89. The highest BCUT2D eigenvalue weighted by atomic mass is 16.6. The van der Waals surface area contributed by atoms with Crippen molar-refractivity contribution in [2.45, 2.75) is 46.3 Å². The zero-order valence-corrected chi connectivity index (χ0v) is 16.4.